The molecule has 0 aliphatic heterocycles. The first-order chi connectivity index (χ1) is 13.9. The summed E-state index contributed by atoms with van der Waals surface area (Å²) in [5.74, 6) is -6.99. The second-order valence-corrected chi connectivity index (χ2v) is 6.31. The molecule has 0 rings (SSSR count). The third kappa shape index (κ3) is 9.79. The molecule has 10 N–H and O–H groups in total. The Morgan fingerprint density at radius 1 is 0.767 bits per heavy atom. The first-order valence-corrected chi connectivity index (χ1v) is 8.96. The van der Waals surface area contributed by atoms with E-state index < -0.39 is 72.6 Å². The second kappa shape index (κ2) is 13.1. The molecule has 0 saturated heterocycles. The molecule has 0 aromatic heterocycles. The van der Waals surface area contributed by atoms with Crippen LogP contribution in [0.1, 0.15) is 32.6 Å². The van der Waals surface area contributed by atoms with Gasteiger partial charge in [0.2, 0.25) is 17.7 Å². The molecular formula is C16H27N5O9. The Kier molecular flexibility index (Phi) is 11.6. The summed E-state index contributed by atoms with van der Waals surface area (Å²) in [6.07, 6.45) is -1.55. The lowest BCUT2D eigenvalue weighted by molar-refractivity contribution is -0.147. The van der Waals surface area contributed by atoms with Crippen molar-refractivity contribution in [2.24, 2.45) is 11.5 Å². The van der Waals surface area contributed by atoms with Gasteiger partial charge in [0.25, 0.3) is 0 Å². The molecule has 0 saturated carbocycles. The second-order valence-electron chi connectivity index (χ2n) is 6.31. The van der Waals surface area contributed by atoms with Crippen LogP contribution in [0.25, 0.3) is 0 Å². The Labute approximate surface area is 171 Å². The van der Waals surface area contributed by atoms with Gasteiger partial charge in [0.1, 0.15) is 18.1 Å². The summed E-state index contributed by atoms with van der Waals surface area (Å²) in [6.45, 7) is 1.47. The van der Waals surface area contributed by atoms with Gasteiger partial charge in [0, 0.05) is 0 Å². The normalized spacial score (nSPS) is 14.5. The molecule has 0 radical (unpaired) electrons. The van der Waals surface area contributed by atoms with Gasteiger partial charge in [-0.25, -0.2) is 4.79 Å². The minimum absolute atomic E-state index is 0.0678. The van der Waals surface area contributed by atoms with Crippen molar-refractivity contribution in [3.05, 3.63) is 0 Å². The number of hydrogen-bond donors (Lipinski definition) is 8. The van der Waals surface area contributed by atoms with Crippen LogP contribution in [-0.4, -0.2) is 81.7 Å². The van der Waals surface area contributed by atoms with Gasteiger partial charge < -0.3 is 42.7 Å². The van der Waals surface area contributed by atoms with Gasteiger partial charge in [0.15, 0.2) is 0 Å². The van der Waals surface area contributed by atoms with Crippen LogP contribution in [0.5, 0.6) is 0 Å². The minimum Gasteiger partial charge on any atom is -0.481 e. The van der Waals surface area contributed by atoms with Gasteiger partial charge in [-0.1, -0.05) is 6.92 Å². The van der Waals surface area contributed by atoms with Gasteiger partial charge >= 0.3 is 17.9 Å². The molecule has 0 heterocycles. The summed E-state index contributed by atoms with van der Waals surface area (Å²) in [7, 11) is 0. The lowest BCUT2D eigenvalue weighted by Gasteiger charge is -2.24. The highest BCUT2D eigenvalue weighted by Gasteiger charge is 2.30. The van der Waals surface area contributed by atoms with Crippen molar-refractivity contribution in [2.75, 3.05) is 6.54 Å². The summed E-state index contributed by atoms with van der Waals surface area (Å²) < 4.78 is 0. The lowest BCUT2D eigenvalue weighted by Crippen LogP contribution is -2.57. The largest absolute Gasteiger partial charge is 0.481 e. The highest BCUT2D eigenvalue weighted by atomic mass is 16.4. The summed E-state index contributed by atoms with van der Waals surface area (Å²) in [5.41, 5.74) is 10.8. The van der Waals surface area contributed by atoms with Crippen molar-refractivity contribution < 1.29 is 44.1 Å². The van der Waals surface area contributed by atoms with E-state index in [-0.39, 0.29) is 19.4 Å². The molecule has 30 heavy (non-hydrogen) atoms. The first kappa shape index (κ1) is 26.7. The number of carbonyl (C=O) groups is 6. The van der Waals surface area contributed by atoms with E-state index in [9.17, 15) is 28.8 Å². The van der Waals surface area contributed by atoms with Crippen LogP contribution in [0.3, 0.4) is 0 Å². The predicted molar refractivity (Wildman–Crippen MR) is 99.9 cm³/mol. The molecule has 14 heteroatoms. The van der Waals surface area contributed by atoms with Crippen molar-refractivity contribution in [1.82, 2.24) is 16.0 Å². The van der Waals surface area contributed by atoms with E-state index in [1.54, 1.807) is 6.92 Å². The number of amides is 3. The number of aliphatic carboxylic acids is 3. The maximum absolute atomic E-state index is 12.4. The zero-order chi connectivity index (χ0) is 23.4. The number of nitrogens with one attached hydrogen (secondary N) is 3. The number of carboxylic acids is 3. The van der Waals surface area contributed by atoms with Crippen LogP contribution in [-0.2, 0) is 28.8 Å². The molecule has 170 valence electrons. The number of carboxylic acid groups (broad SMARTS) is 3. The molecule has 0 spiro atoms. The average molecular weight is 433 g/mol. The van der Waals surface area contributed by atoms with Crippen LogP contribution in [0.4, 0.5) is 0 Å². The van der Waals surface area contributed by atoms with E-state index in [0.717, 1.165) is 0 Å². The fourth-order valence-electron chi connectivity index (χ4n) is 2.27. The van der Waals surface area contributed by atoms with E-state index in [0.29, 0.717) is 0 Å². The Morgan fingerprint density at radius 2 is 1.23 bits per heavy atom. The van der Waals surface area contributed by atoms with E-state index in [1.165, 1.54) is 0 Å². The van der Waals surface area contributed by atoms with Crippen molar-refractivity contribution in [3.63, 3.8) is 0 Å². The molecule has 0 fully saturated rings. The monoisotopic (exact) mass is 433 g/mol. The zero-order valence-corrected chi connectivity index (χ0v) is 16.3. The molecular weight excluding hydrogens is 406 g/mol. The fourth-order valence-corrected chi connectivity index (χ4v) is 2.27. The van der Waals surface area contributed by atoms with Crippen molar-refractivity contribution in [2.45, 2.75) is 56.8 Å². The molecule has 0 bridgehead atoms. The molecule has 4 atom stereocenters. The van der Waals surface area contributed by atoms with E-state index in [2.05, 4.69) is 10.6 Å². The Bertz CT molecular complexity index is 669. The first-order valence-electron chi connectivity index (χ1n) is 8.96. The molecule has 0 aromatic carbocycles. The van der Waals surface area contributed by atoms with Crippen LogP contribution in [0.15, 0.2) is 0 Å². The number of carbonyl (C=O) groups excluding carboxylic acids is 3. The minimum atomic E-state index is -1.72. The van der Waals surface area contributed by atoms with E-state index in [1.807, 2.05) is 5.32 Å². The predicted octanol–water partition coefficient (Wildman–Crippen LogP) is -3.44. The zero-order valence-electron chi connectivity index (χ0n) is 16.3. The van der Waals surface area contributed by atoms with Crippen LogP contribution in [0.2, 0.25) is 0 Å². The maximum atomic E-state index is 12.4. The van der Waals surface area contributed by atoms with Crippen LogP contribution < -0.4 is 27.4 Å². The van der Waals surface area contributed by atoms with Crippen molar-refractivity contribution in [3.8, 4) is 0 Å². The molecule has 14 nitrogen and oxygen atoms in total. The average Bonchev–Trinajstić information content (AvgIpc) is 2.63. The maximum Gasteiger partial charge on any atom is 0.326 e. The molecule has 3 amide bonds. The molecule has 0 aromatic rings. The van der Waals surface area contributed by atoms with Crippen LogP contribution >= 0.6 is 0 Å². The van der Waals surface area contributed by atoms with Gasteiger partial charge in [-0.05, 0) is 19.4 Å². The fraction of sp³-hybridized carbons (Fsp3) is 0.625. The summed E-state index contributed by atoms with van der Waals surface area (Å²) in [6, 6.07) is -5.56. The van der Waals surface area contributed by atoms with Crippen LogP contribution in [0, 0.1) is 0 Å². The SMILES string of the molecule is CC[C@H](NC(=O)[C@@H](N)CC(=O)O)C(=O)N[C@@H](CCN)C(=O)N[C@@H](CC(=O)O)C(=O)O. The Balaban J connectivity index is 5.15. The van der Waals surface area contributed by atoms with Crippen molar-refractivity contribution >= 4 is 35.6 Å². The topological polar surface area (TPSA) is 251 Å². The van der Waals surface area contributed by atoms with Gasteiger partial charge in [-0.3, -0.25) is 24.0 Å². The number of hydrogen-bond acceptors (Lipinski definition) is 8. The lowest BCUT2D eigenvalue weighted by atomic mass is 10.1. The highest BCUT2D eigenvalue weighted by molar-refractivity contribution is 5.95. The van der Waals surface area contributed by atoms with Gasteiger partial charge in [-0.15, -0.1) is 0 Å². The third-order valence-electron chi connectivity index (χ3n) is 3.85. The highest BCUT2D eigenvalue weighted by Crippen LogP contribution is 2.01. The third-order valence-corrected chi connectivity index (χ3v) is 3.85. The van der Waals surface area contributed by atoms with E-state index in [4.69, 9.17) is 26.8 Å². The van der Waals surface area contributed by atoms with Crippen molar-refractivity contribution in [1.29, 1.82) is 0 Å². The molecule has 0 aliphatic rings. The summed E-state index contributed by atoms with van der Waals surface area (Å²) in [5, 5.41) is 33.0. The summed E-state index contributed by atoms with van der Waals surface area (Å²) in [4.78, 5) is 69.1. The summed E-state index contributed by atoms with van der Waals surface area (Å²) >= 11 is 0. The van der Waals surface area contributed by atoms with Gasteiger partial charge in [0.05, 0.1) is 18.9 Å². The number of rotatable bonds is 14. The molecule has 0 unspecified atom stereocenters. The molecule has 0 aliphatic carbocycles. The Morgan fingerprint density at radius 3 is 1.67 bits per heavy atom. The quantitative estimate of drug-likeness (QED) is 0.134. The van der Waals surface area contributed by atoms with E-state index >= 15 is 0 Å². The number of nitrogens with two attached hydrogens (primary N) is 2. The standard InChI is InChI=1S/C16H27N5O9/c1-2-8(19-13(26)7(18)5-11(22)23)14(27)20-9(3-4-17)15(28)21-10(16(29)30)6-12(24)25/h7-10H,2-6,17-18H2,1H3,(H,19,26)(H,20,27)(H,21,28)(H,22,23)(H,24,25)(H,29,30)/t7-,8-,9-,10-/m0/s1. The van der Waals surface area contributed by atoms with Gasteiger partial charge in [-0.2, -0.15) is 0 Å². The smallest absolute Gasteiger partial charge is 0.326 e. The Hall–Kier alpha value is -3.26.